The molecule has 5 heteroatoms. The number of allylic oxidation sites excluding steroid dienone is 1. The van der Waals surface area contributed by atoms with Crippen LogP contribution in [0.4, 0.5) is 0 Å². The SMILES string of the molecule is CC(C)CC1c2[nH]c3ccccc3c2CCN1C(=O)CCCCNC(OC(C)(C)C)=C1CCC1. The highest BCUT2D eigenvalue weighted by Gasteiger charge is 2.33. The molecule has 1 saturated carbocycles. The van der Waals surface area contributed by atoms with Crippen LogP contribution in [0.2, 0.25) is 0 Å². The Bertz CT molecular complexity index is 1020. The summed E-state index contributed by atoms with van der Waals surface area (Å²) in [5.41, 5.74) is 5.07. The van der Waals surface area contributed by atoms with Crippen LogP contribution in [0, 0.1) is 5.92 Å². The highest BCUT2D eigenvalue weighted by atomic mass is 16.5. The van der Waals surface area contributed by atoms with Crippen molar-refractivity contribution in [2.75, 3.05) is 13.1 Å². The zero-order valence-electron chi connectivity index (χ0n) is 21.8. The molecule has 1 aromatic heterocycles. The van der Waals surface area contributed by atoms with Crippen molar-refractivity contribution in [2.45, 2.75) is 97.6 Å². The van der Waals surface area contributed by atoms with Gasteiger partial charge in [0.05, 0.1) is 6.04 Å². The molecule has 0 spiro atoms. The van der Waals surface area contributed by atoms with Crippen molar-refractivity contribution in [1.82, 2.24) is 15.2 Å². The molecule has 0 radical (unpaired) electrons. The molecule has 34 heavy (non-hydrogen) atoms. The Morgan fingerprint density at radius 1 is 1.18 bits per heavy atom. The summed E-state index contributed by atoms with van der Waals surface area (Å²) in [4.78, 5) is 19.1. The number of rotatable bonds is 9. The third-order valence-corrected chi connectivity index (χ3v) is 6.96. The van der Waals surface area contributed by atoms with Crippen molar-refractivity contribution in [3.8, 4) is 0 Å². The smallest absolute Gasteiger partial charge is 0.223 e. The lowest BCUT2D eigenvalue weighted by Gasteiger charge is -2.37. The Labute approximate surface area is 205 Å². The summed E-state index contributed by atoms with van der Waals surface area (Å²) < 4.78 is 6.16. The van der Waals surface area contributed by atoms with E-state index in [4.69, 9.17) is 4.74 Å². The number of fused-ring (bicyclic) bond motifs is 3. The Hall–Kier alpha value is -2.43. The molecule has 2 aromatic rings. The predicted octanol–water partition coefficient (Wildman–Crippen LogP) is 6.61. The number of carbonyl (C=O) groups is 1. The second kappa shape index (κ2) is 10.5. The number of amides is 1. The molecular weight excluding hydrogens is 422 g/mol. The van der Waals surface area contributed by atoms with Gasteiger partial charge in [-0.3, -0.25) is 4.79 Å². The number of aromatic nitrogens is 1. The van der Waals surface area contributed by atoms with Gasteiger partial charge in [-0.05, 0) is 88.8 Å². The van der Waals surface area contributed by atoms with E-state index in [2.05, 4.69) is 74.1 Å². The van der Waals surface area contributed by atoms with Gasteiger partial charge in [0.1, 0.15) is 5.60 Å². The molecule has 0 bridgehead atoms. The Morgan fingerprint density at radius 3 is 2.62 bits per heavy atom. The number of hydrogen-bond donors (Lipinski definition) is 2. The number of nitrogens with one attached hydrogen (secondary N) is 2. The van der Waals surface area contributed by atoms with Gasteiger partial charge in [0.2, 0.25) is 5.91 Å². The Balaban J connectivity index is 1.34. The first-order valence-corrected chi connectivity index (χ1v) is 13.3. The quantitative estimate of drug-likeness (QED) is 0.324. The topological polar surface area (TPSA) is 57.4 Å². The maximum atomic E-state index is 13.3. The largest absolute Gasteiger partial charge is 0.474 e. The number of unbranched alkanes of at least 4 members (excludes halogenated alkanes) is 1. The van der Waals surface area contributed by atoms with Crippen molar-refractivity contribution in [3.63, 3.8) is 0 Å². The molecule has 4 rings (SSSR count). The Kier molecular flexibility index (Phi) is 7.59. The fourth-order valence-electron chi connectivity index (χ4n) is 5.18. The molecule has 1 fully saturated rings. The number of carbonyl (C=O) groups excluding carboxylic acids is 1. The lowest BCUT2D eigenvalue weighted by atomic mass is 9.91. The summed E-state index contributed by atoms with van der Waals surface area (Å²) in [6, 6.07) is 8.70. The lowest BCUT2D eigenvalue weighted by Crippen LogP contribution is -2.40. The number of nitrogens with zero attached hydrogens (tertiary/aromatic N) is 1. The van der Waals surface area contributed by atoms with Gasteiger partial charge in [0.15, 0.2) is 5.88 Å². The minimum absolute atomic E-state index is 0.150. The summed E-state index contributed by atoms with van der Waals surface area (Å²) in [5.74, 6) is 1.80. The van der Waals surface area contributed by atoms with Gasteiger partial charge in [0, 0.05) is 36.1 Å². The summed E-state index contributed by atoms with van der Waals surface area (Å²) in [6.07, 6.45) is 7.94. The molecule has 1 amide bonds. The van der Waals surface area contributed by atoms with Crippen LogP contribution in [0.1, 0.15) is 96.9 Å². The van der Waals surface area contributed by atoms with Gasteiger partial charge in [-0.2, -0.15) is 0 Å². The van der Waals surface area contributed by atoms with E-state index in [0.29, 0.717) is 18.2 Å². The first-order chi connectivity index (χ1) is 16.2. The van der Waals surface area contributed by atoms with Crippen LogP contribution in [0.15, 0.2) is 35.7 Å². The van der Waals surface area contributed by atoms with Crippen LogP contribution >= 0.6 is 0 Å². The first kappa shape index (κ1) is 24.7. The molecule has 2 aliphatic rings. The predicted molar refractivity (Wildman–Crippen MR) is 139 cm³/mol. The van der Waals surface area contributed by atoms with Crippen molar-refractivity contribution < 1.29 is 9.53 Å². The summed E-state index contributed by atoms with van der Waals surface area (Å²) in [7, 11) is 0. The second-order valence-electron chi connectivity index (χ2n) is 11.4. The zero-order chi connectivity index (χ0) is 24.3. The lowest BCUT2D eigenvalue weighted by molar-refractivity contribution is -0.134. The molecule has 2 N–H and O–H groups in total. The molecular formula is C29H43N3O2. The van der Waals surface area contributed by atoms with Crippen molar-refractivity contribution in [2.24, 2.45) is 5.92 Å². The first-order valence-electron chi connectivity index (χ1n) is 13.3. The number of hydrogen-bond acceptors (Lipinski definition) is 3. The van der Waals surface area contributed by atoms with Crippen LogP contribution in [0.3, 0.4) is 0 Å². The standard InChI is InChI=1S/C29H43N3O2/c1-20(2)19-25-27-23(22-13-6-7-14-24(22)31-27)16-18-32(25)26(33)15-8-9-17-30-28(21-11-10-12-21)34-29(3,4)5/h6-7,13-14,20,25,30-31H,8-12,15-19H2,1-5H3. The molecule has 0 saturated heterocycles. The van der Waals surface area contributed by atoms with E-state index in [1.54, 1.807) is 0 Å². The molecule has 1 aromatic carbocycles. The van der Waals surface area contributed by atoms with Gasteiger partial charge in [0.25, 0.3) is 0 Å². The normalized spacial score (nSPS) is 18.1. The molecule has 1 unspecified atom stereocenters. The van der Waals surface area contributed by atoms with Crippen molar-refractivity contribution in [3.05, 3.63) is 47.0 Å². The molecule has 5 nitrogen and oxygen atoms in total. The van der Waals surface area contributed by atoms with Crippen molar-refractivity contribution in [1.29, 1.82) is 0 Å². The molecule has 1 aliphatic carbocycles. The maximum Gasteiger partial charge on any atom is 0.223 e. The van der Waals surface area contributed by atoms with E-state index in [1.165, 1.54) is 34.2 Å². The van der Waals surface area contributed by atoms with E-state index >= 15 is 0 Å². The fourth-order valence-corrected chi connectivity index (χ4v) is 5.18. The fraction of sp³-hybridized carbons (Fsp3) is 0.621. The van der Waals surface area contributed by atoms with Crippen molar-refractivity contribution >= 4 is 16.8 Å². The summed E-state index contributed by atoms with van der Waals surface area (Å²) in [6.45, 7) is 12.5. The Morgan fingerprint density at radius 2 is 1.94 bits per heavy atom. The van der Waals surface area contributed by atoms with Crippen LogP contribution in [0.5, 0.6) is 0 Å². The van der Waals surface area contributed by atoms with Crippen LogP contribution in [-0.2, 0) is 16.0 Å². The second-order valence-corrected chi connectivity index (χ2v) is 11.4. The van der Waals surface area contributed by atoms with Crippen LogP contribution in [0.25, 0.3) is 10.9 Å². The number of benzene rings is 1. The molecule has 2 heterocycles. The molecule has 1 aliphatic heterocycles. The average Bonchev–Trinajstić information content (AvgIpc) is 3.10. The van der Waals surface area contributed by atoms with Gasteiger partial charge in [-0.25, -0.2) is 0 Å². The minimum atomic E-state index is -0.192. The van der Waals surface area contributed by atoms with Gasteiger partial charge < -0.3 is 19.9 Å². The van der Waals surface area contributed by atoms with Gasteiger partial charge in [-0.15, -0.1) is 0 Å². The number of ether oxygens (including phenoxy) is 1. The number of para-hydroxylation sites is 1. The minimum Gasteiger partial charge on any atom is -0.474 e. The monoisotopic (exact) mass is 465 g/mol. The van der Waals surface area contributed by atoms with E-state index in [-0.39, 0.29) is 11.6 Å². The maximum absolute atomic E-state index is 13.3. The highest BCUT2D eigenvalue weighted by molar-refractivity contribution is 5.86. The third kappa shape index (κ3) is 5.79. The van der Waals surface area contributed by atoms with Crippen LogP contribution in [-0.4, -0.2) is 34.5 Å². The van der Waals surface area contributed by atoms with E-state index in [1.807, 2.05) is 0 Å². The molecule has 1 atom stereocenters. The van der Waals surface area contributed by atoms with E-state index in [0.717, 1.165) is 57.5 Å². The van der Waals surface area contributed by atoms with Gasteiger partial charge in [-0.1, -0.05) is 32.0 Å². The third-order valence-electron chi connectivity index (χ3n) is 6.96. The number of aromatic amines is 1. The zero-order valence-corrected chi connectivity index (χ0v) is 21.8. The summed E-state index contributed by atoms with van der Waals surface area (Å²) in [5, 5.41) is 4.84. The van der Waals surface area contributed by atoms with Crippen LogP contribution < -0.4 is 5.32 Å². The average molecular weight is 466 g/mol. The van der Waals surface area contributed by atoms with E-state index in [9.17, 15) is 4.79 Å². The number of H-pyrrole nitrogens is 1. The highest BCUT2D eigenvalue weighted by Crippen LogP contribution is 2.38. The van der Waals surface area contributed by atoms with Gasteiger partial charge >= 0.3 is 0 Å². The van der Waals surface area contributed by atoms with E-state index < -0.39 is 0 Å². The molecule has 186 valence electrons. The summed E-state index contributed by atoms with van der Waals surface area (Å²) >= 11 is 0.